The quantitative estimate of drug-likeness (QED) is 0.671. The van der Waals surface area contributed by atoms with E-state index in [-0.39, 0.29) is 10.0 Å². The number of anilines is 3. The van der Waals surface area contributed by atoms with Gasteiger partial charge in [0.15, 0.2) is 11.6 Å². The first-order valence-electron chi connectivity index (χ1n) is 7.29. The second kappa shape index (κ2) is 6.99. The van der Waals surface area contributed by atoms with E-state index in [0.29, 0.717) is 10.8 Å². The van der Waals surface area contributed by atoms with Gasteiger partial charge in [0.1, 0.15) is 4.21 Å². The van der Waals surface area contributed by atoms with Gasteiger partial charge in [-0.3, -0.25) is 4.72 Å². The molecule has 0 unspecified atom stereocenters. The Morgan fingerprint density at radius 1 is 1.08 bits per heavy atom. The summed E-state index contributed by atoms with van der Waals surface area (Å²) >= 11 is 7.39. The van der Waals surface area contributed by atoms with Gasteiger partial charge in [0.2, 0.25) is 0 Å². The fraction of sp³-hybridized carbons (Fsp3) is 0.125. The minimum absolute atomic E-state index is 0.144. The van der Waals surface area contributed by atoms with Crippen LogP contribution in [0.2, 0.25) is 5.02 Å². The topological polar surface area (TPSA) is 84.0 Å². The second-order valence-corrected chi connectivity index (χ2v) is 8.67. The monoisotopic (exact) mass is 394 g/mol. The van der Waals surface area contributed by atoms with E-state index in [0.717, 1.165) is 28.2 Å². The third-order valence-electron chi connectivity index (χ3n) is 3.35. The smallest absolute Gasteiger partial charge is 0.272 e. The Bertz CT molecular complexity index is 964. The summed E-state index contributed by atoms with van der Waals surface area (Å²) in [6.07, 6.45) is 0. The number of thiophene rings is 1. The summed E-state index contributed by atoms with van der Waals surface area (Å²) in [4.78, 5) is 0. The molecule has 9 heteroatoms. The van der Waals surface area contributed by atoms with Gasteiger partial charge in [0.25, 0.3) is 10.0 Å². The predicted molar refractivity (Wildman–Crippen MR) is 101 cm³/mol. The van der Waals surface area contributed by atoms with Crippen molar-refractivity contribution in [1.29, 1.82) is 0 Å². The number of hydrogen-bond donors (Lipinski definition) is 2. The van der Waals surface area contributed by atoms with Gasteiger partial charge >= 0.3 is 0 Å². The fourth-order valence-corrected chi connectivity index (χ4v) is 4.62. The van der Waals surface area contributed by atoms with Gasteiger partial charge in [-0.15, -0.1) is 21.5 Å². The number of sulfonamides is 1. The molecule has 2 N–H and O–H groups in total. The molecular formula is C16H15ClN4O2S2. The lowest BCUT2D eigenvalue weighted by molar-refractivity contribution is 0.603. The van der Waals surface area contributed by atoms with Gasteiger partial charge in [0.05, 0.1) is 10.7 Å². The number of benzene rings is 1. The minimum atomic E-state index is -3.64. The Hall–Kier alpha value is -2.16. The van der Waals surface area contributed by atoms with Crippen molar-refractivity contribution in [2.75, 3.05) is 10.0 Å². The first-order chi connectivity index (χ1) is 11.8. The van der Waals surface area contributed by atoms with E-state index in [1.165, 1.54) is 12.1 Å². The van der Waals surface area contributed by atoms with E-state index in [2.05, 4.69) is 20.2 Å². The fourth-order valence-electron chi connectivity index (χ4n) is 2.26. The summed E-state index contributed by atoms with van der Waals surface area (Å²) in [6, 6.07) is 10.2. The lowest BCUT2D eigenvalue weighted by atomic mass is 10.1. The van der Waals surface area contributed by atoms with Crippen LogP contribution in [0.25, 0.3) is 0 Å². The van der Waals surface area contributed by atoms with Crippen LogP contribution in [0.1, 0.15) is 11.1 Å². The minimum Gasteiger partial charge on any atom is -0.337 e. The molecule has 0 fully saturated rings. The molecular weight excluding hydrogens is 380 g/mol. The molecule has 3 rings (SSSR count). The first-order valence-corrected chi connectivity index (χ1v) is 10.0. The molecule has 6 nitrogen and oxygen atoms in total. The standard InChI is InChI=1S/C16H15ClN4O2S2/c1-10-8-11(2)16(12(17)9-10)18-13-5-6-14(20-19-13)21-25(22,23)15-4-3-7-24-15/h3-9H,1-2H3,(H,18,19)(H,20,21). The van der Waals surface area contributed by atoms with Crippen LogP contribution in [-0.2, 0) is 10.0 Å². The number of aryl methyl sites for hydroxylation is 2. The van der Waals surface area contributed by atoms with Crippen LogP contribution in [0, 0.1) is 13.8 Å². The van der Waals surface area contributed by atoms with Crippen LogP contribution in [-0.4, -0.2) is 18.6 Å². The highest BCUT2D eigenvalue weighted by Gasteiger charge is 2.16. The van der Waals surface area contributed by atoms with E-state index in [4.69, 9.17) is 11.6 Å². The predicted octanol–water partition coefficient (Wildman–Crippen LogP) is 4.35. The van der Waals surface area contributed by atoms with Crippen LogP contribution in [0.3, 0.4) is 0 Å². The summed E-state index contributed by atoms with van der Waals surface area (Å²) in [5, 5.41) is 13.3. The van der Waals surface area contributed by atoms with Gasteiger partial charge in [0, 0.05) is 0 Å². The van der Waals surface area contributed by atoms with Crippen LogP contribution in [0.5, 0.6) is 0 Å². The van der Waals surface area contributed by atoms with E-state index < -0.39 is 10.0 Å². The third-order valence-corrected chi connectivity index (χ3v) is 6.40. The van der Waals surface area contributed by atoms with E-state index in [1.54, 1.807) is 17.5 Å². The summed E-state index contributed by atoms with van der Waals surface area (Å²) in [7, 11) is -3.64. The molecule has 0 aliphatic rings. The lowest BCUT2D eigenvalue weighted by Crippen LogP contribution is -2.13. The van der Waals surface area contributed by atoms with E-state index in [1.807, 2.05) is 26.0 Å². The normalized spacial score (nSPS) is 11.3. The van der Waals surface area contributed by atoms with Crippen molar-refractivity contribution >= 4 is 50.3 Å². The highest BCUT2D eigenvalue weighted by atomic mass is 35.5. The number of nitrogens with one attached hydrogen (secondary N) is 2. The van der Waals surface area contributed by atoms with Gasteiger partial charge in [-0.1, -0.05) is 23.7 Å². The third kappa shape index (κ3) is 4.09. The van der Waals surface area contributed by atoms with Gasteiger partial charge in [-0.25, -0.2) is 8.42 Å². The average molecular weight is 395 g/mol. The molecule has 0 amide bonds. The van der Waals surface area contributed by atoms with Gasteiger partial charge in [-0.2, -0.15) is 0 Å². The second-order valence-electron chi connectivity index (χ2n) is 5.41. The Morgan fingerprint density at radius 3 is 2.40 bits per heavy atom. The maximum absolute atomic E-state index is 12.2. The molecule has 2 aromatic heterocycles. The number of hydrogen-bond acceptors (Lipinski definition) is 6. The molecule has 0 atom stereocenters. The largest absolute Gasteiger partial charge is 0.337 e. The molecule has 130 valence electrons. The molecule has 0 radical (unpaired) electrons. The average Bonchev–Trinajstić information content (AvgIpc) is 3.07. The first kappa shape index (κ1) is 17.7. The molecule has 0 saturated heterocycles. The highest BCUT2D eigenvalue weighted by molar-refractivity contribution is 7.94. The molecule has 3 aromatic rings. The Balaban J connectivity index is 1.77. The van der Waals surface area contributed by atoms with Crippen molar-refractivity contribution in [3.05, 3.63) is 57.9 Å². The zero-order valence-corrected chi connectivity index (χ0v) is 15.8. The molecule has 0 aliphatic carbocycles. The molecule has 0 bridgehead atoms. The number of aromatic nitrogens is 2. The summed E-state index contributed by atoms with van der Waals surface area (Å²) in [5.74, 6) is 0.610. The molecule has 25 heavy (non-hydrogen) atoms. The van der Waals surface area contributed by atoms with Crippen molar-refractivity contribution in [3.8, 4) is 0 Å². The summed E-state index contributed by atoms with van der Waals surface area (Å²) < 4.78 is 26.9. The van der Waals surface area contributed by atoms with Gasteiger partial charge < -0.3 is 5.32 Å². The maximum atomic E-state index is 12.2. The SMILES string of the molecule is Cc1cc(C)c(Nc2ccc(NS(=O)(=O)c3cccs3)nn2)c(Cl)c1. The molecule has 0 saturated carbocycles. The molecule has 1 aromatic carbocycles. The van der Waals surface area contributed by atoms with Gasteiger partial charge in [-0.05, 0) is 54.6 Å². The van der Waals surface area contributed by atoms with Crippen LogP contribution < -0.4 is 10.0 Å². The van der Waals surface area contributed by atoms with Crippen LogP contribution >= 0.6 is 22.9 Å². The van der Waals surface area contributed by atoms with Crippen LogP contribution in [0.15, 0.2) is 46.0 Å². The zero-order chi connectivity index (χ0) is 18.0. The van der Waals surface area contributed by atoms with E-state index in [9.17, 15) is 8.42 Å². The Labute approximate surface area is 154 Å². The summed E-state index contributed by atoms with van der Waals surface area (Å²) in [5.41, 5.74) is 2.79. The van der Waals surface area contributed by atoms with Crippen molar-refractivity contribution in [3.63, 3.8) is 0 Å². The summed E-state index contributed by atoms with van der Waals surface area (Å²) in [6.45, 7) is 3.91. The van der Waals surface area contributed by atoms with Crippen molar-refractivity contribution in [2.45, 2.75) is 18.1 Å². The van der Waals surface area contributed by atoms with Crippen molar-refractivity contribution < 1.29 is 8.42 Å². The number of halogens is 1. The molecule has 0 aliphatic heterocycles. The molecule has 2 heterocycles. The Kier molecular flexibility index (Phi) is 4.94. The van der Waals surface area contributed by atoms with Crippen molar-refractivity contribution in [1.82, 2.24) is 10.2 Å². The zero-order valence-electron chi connectivity index (χ0n) is 13.4. The van der Waals surface area contributed by atoms with Crippen LogP contribution in [0.4, 0.5) is 17.3 Å². The number of nitrogens with zero attached hydrogens (tertiary/aromatic N) is 2. The number of rotatable bonds is 5. The molecule has 0 spiro atoms. The van der Waals surface area contributed by atoms with Crippen molar-refractivity contribution in [2.24, 2.45) is 0 Å². The highest BCUT2D eigenvalue weighted by Crippen LogP contribution is 2.29. The Morgan fingerprint density at radius 2 is 1.80 bits per heavy atom. The maximum Gasteiger partial charge on any atom is 0.272 e. The lowest BCUT2D eigenvalue weighted by Gasteiger charge is -2.12. The van der Waals surface area contributed by atoms with E-state index >= 15 is 0 Å².